The molecule has 110 valence electrons. The van der Waals surface area contributed by atoms with Crippen LogP contribution in [0.2, 0.25) is 0 Å². The minimum absolute atomic E-state index is 0.0793. The number of aliphatic hydroxyl groups is 1. The molecule has 0 radical (unpaired) electrons. The van der Waals surface area contributed by atoms with Crippen LogP contribution in [0.1, 0.15) is 25.3 Å². The molecule has 1 unspecified atom stereocenters. The predicted molar refractivity (Wildman–Crippen MR) is 74.8 cm³/mol. The Labute approximate surface area is 119 Å². The van der Waals surface area contributed by atoms with E-state index < -0.39 is 12.1 Å². The maximum absolute atomic E-state index is 12.1. The highest BCUT2D eigenvalue weighted by molar-refractivity contribution is 5.82. The molecule has 0 aromatic heterocycles. The Hall–Kier alpha value is -1.88. The molecule has 1 amide bonds. The Balaban J connectivity index is 2.69. The van der Waals surface area contributed by atoms with Crippen molar-refractivity contribution >= 4 is 11.9 Å². The van der Waals surface area contributed by atoms with Crippen molar-refractivity contribution in [2.24, 2.45) is 0 Å². The van der Waals surface area contributed by atoms with Crippen LogP contribution in [0.25, 0.3) is 0 Å². The SMILES string of the molecule is COC(=O)CN(Cc1ccccc1)C(=O)CCC(C)O. The third-order valence-corrected chi connectivity index (χ3v) is 2.89. The topological polar surface area (TPSA) is 66.8 Å². The van der Waals surface area contributed by atoms with E-state index in [0.29, 0.717) is 13.0 Å². The molecule has 0 heterocycles. The van der Waals surface area contributed by atoms with Gasteiger partial charge < -0.3 is 14.7 Å². The highest BCUT2D eigenvalue weighted by Crippen LogP contribution is 2.08. The van der Waals surface area contributed by atoms with Gasteiger partial charge in [0.1, 0.15) is 6.54 Å². The third-order valence-electron chi connectivity index (χ3n) is 2.89. The summed E-state index contributed by atoms with van der Waals surface area (Å²) in [5, 5.41) is 9.24. The molecule has 20 heavy (non-hydrogen) atoms. The van der Waals surface area contributed by atoms with Crippen LogP contribution in [0.4, 0.5) is 0 Å². The van der Waals surface area contributed by atoms with Gasteiger partial charge in [-0.25, -0.2) is 0 Å². The average molecular weight is 279 g/mol. The molecule has 0 bridgehead atoms. The van der Waals surface area contributed by atoms with E-state index in [1.807, 2.05) is 30.3 Å². The van der Waals surface area contributed by atoms with Crippen molar-refractivity contribution in [1.82, 2.24) is 4.90 Å². The van der Waals surface area contributed by atoms with E-state index in [1.165, 1.54) is 12.0 Å². The normalized spacial score (nSPS) is 11.8. The van der Waals surface area contributed by atoms with E-state index >= 15 is 0 Å². The van der Waals surface area contributed by atoms with Gasteiger partial charge >= 0.3 is 5.97 Å². The van der Waals surface area contributed by atoms with E-state index in [2.05, 4.69) is 4.74 Å². The number of benzene rings is 1. The second-order valence-corrected chi connectivity index (χ2v) is 4.70. The van der Waals surface area contributed by atoms with E-state index in [0.717, 1.165) is 5.56 Å². The average Bonchev–Trinajstić information content (AvgIpc) is 2.44. The van der Waals surface area contributed by atoms with Crippen molar-refractivity contribution in [3.05, 3.63) is 35.9 Å². The van der Waals surface area contributed by atoms with Crippen molar-refractivity contribution < 1.29 is 19.4 Å². The first-order valence-electron chi connectivity index (χ1n) is 6.59. The second kappa shape index (κ2) is 8.32. The summed E-state index contributed by atoms with van der Waals surface area (Å²) in [6.45, 7) is 1.91. The molecule has 1 aromatic rings. The lowest BCUT2D eigenvalue weighted by atomic mass is 10.1. The summed E-state index contributed by atoms with van der Waals surface area (Å²) in [4.78, 5) is 24.9. The van der Waals surface area contributed by atoms with E-state index in [1.54, 1.807) is 6.92 Å². The zero-order valence-electron chi connectivity index (χ0n) is 11.9. The van der Waals surface area contributed by atoms with Gasteiger partial charge in [-0.1, -0.05) is 30.3 Å². The molecule has 1 N–H and O–H groups in total. The van der Waals surface area contributed by atoms with Crippen LogP contribution in [0.15, 0.2) is 30.3 Å². The van der Waals surface area contributed by atoms with Gasteiger partial charge in [0, 0.05) is 13.0 Å². The van der Waals surface area contributed by atoms with Gasteiger partial charge in [0.05, 0.1) is 13.2 Å². The fraction of sp³-hybridized carbons (Fsp3) is 0.467. The molecule has 1 atom stereocenters. The van der Waals surface area contributed by atoms with Crippen molar-refractivity contribution in [3.8, 4) is 0 Å². The molecule has 5 nitrogen and oxygen atoms in total. The number of aliphatic hydroxyl groups excluding tert-OH is 1. The molecule has 0 aliphatic carbocycles. The monoisotopic (exact) mass is 279 g/mol. The van der Waals surface area contributed by atoms with Gasteiger partial charge in [-0.15, -0.1) is 0 Å². The molecule has 0 aliphatic heterocycles. The van der Waals surface area contributed by atoms with E-state index in [9.17, 15) is 14.7 Å². The van der Waals surface area contributed by atoms with Gasteiger partial charge in [0.25, 0.3) is 0 Å². The van der Waals surface area contributed by atoms with Crippen LogP contribution < -0.4 is 0 Å². The number of amides is 1. The second-order valence-electron chi connectivity index (χ2n) is 4.70. The Morgan fingerprint density at radius 1 is 1.30 bits per heavy atom. The van der Waals surface area contributed by atoms with Gasteiger partial charge in [-0.05, 0) is 18.9 Å². The zero-order chi connectivity index (χ0) is 15.0. The lowest BCUT2D eigenvalue weighted by Gasteiger charge is -2.22. The highest BCUT2D eigenvalue weighted by atomic mass is 16.5. The minimum Gasteiger partial charge on any atom is -0.468 e. The smallest absolute Gasteiger partial charge is 0.325 e. The summed E-state index contributed by atoms with van der Waals surface area (Å²) < 4.78 is 4.61. The number of hydrogen-bond acceptors (Lipinski definition) is 4. The number of nitrogens with zero attached hydrogens (tertiary/aromatic N) is 1. The fourth-order valence-electron chi connectivity index (χ4n) is 1.75. The maximum atomic E-state index is 12.1. The summed E-state index contributed by atoms with van der Waals surface area (Å²) in [5.74, 6) is -0.619. The minimum atomic E-state index is -0.532. The largest absolute Gasteiger partial charge is 0.468 e. The van der Waals surface area contributed by atoms with Gasteiger partial charge in [0.15, 0.2) is 0 Å². The van der Waals surface area contributed by atoms with Crippen LogP contribution in [-0.4, -0.2) is 41.6 Å². The first-order valence-corrected chi connectivity index (χ1v) is 6.59. The molecule has 1 rings (SSSR count). The third kappa shape index (κ3) is 5.84. The first-order chi connectivity index (χ1) is 9.52. The summed E-state index contributed by atoms with van der Waals surface area (Å²) in [6.07, 6.45) is 0.0583. The van der Waals surface area contributed by atoms with Crippen molar-refractivity contribution in [1.29, 1.82) is 0 Å². The lowest BCUT2D eigenvalue weighted by molar-refractivity contribution is -0.147. The standard InChI is InChI=1S/C15H21NO4/c1-12(17)8-9-14(18)16(11-15(19)20-2)10-13-6-4-3-5-7-13/h3-7,12,17H,8-11H2,1-2H3. The number of hydrogen-bond donors (Lipinski definition) is 1. The predicted octanol–water partition coefficient (Wildman–Crippen LogP) is 1.35. The molecule has 0 saturated heterocycles. The van der Waals surface area contributed by atoms with Gasteiger partial charge in [-0.3, -0.25) is 9.59 Å². The van der Waals surface area contributed by atoms with Gasteiger partial charge in [-0.2, -0.15) is 0 Å². The van der Waals surface area contributed by atoms with Crippen molar-refractivity contribution in [2.75, 3.05) is 13.7 Å². The Kier molecular flexibility index (Phi) is 6.73. The number of carbonyl (C=O) groups is 2. The number of rotatable bonds is 7. The van der Waals surface area contributed by atoms with Crippen molar-refractivity contribution in [3.63, 3.8) is 0 Å². The maximum Gasteiger partial charge on any atom is 0.325 e. The molecule has 0 spiro atoms. The number of methoxy groups -OCH3 is 1. The summed E-state index contributed by atoms with van der Waals surface area (Å²) in [7, 11) is 1.29. The Bertz CT molecular complexity index is 431. The van der Waals surface area contributed by atoms with Crippen LogP contribution in [0, 0.1) is 0 Å². The molecule has 5 heteroatoms. The molecular weight excluding hydrogens is 258 g/mol. The molecule has 0 saturated carbocycles. The number of esters is 1. The van der Waals surface area contributed by atoms with Crippen LogP contribution in [0.5, 0.6) is 0 Å². The van der Waals surface area contributed by atoms with E-state index in [-0.39, 0.29) is 18.9 Å². The zero-order valence-corrected chi connectivity index (χ0v) is 11.9. The molecule has 0 fully saturated rings. The molecule has 0 aliphatic rings. The van der Waals surface area contributed by atoms with Crippen LogP contribution in [0.3, 0.4) is 0 Å². The van der Waals surface area contributed by atoms with E-state index in [4.69, 9.17) is 0 Å². The summed E-state index contributed by atoms with van der Waals surface area (Å²) in [5.41, 5.74) is 0.946. The first kappa shape index (κ1) is 16.2. The molecule has 1 aromatic carbocycles. The summed E-state index contributed by atoms with van der Waals surface area (Å²) >= 11 is 0. The van der Waals surface area contributed by atoms with Crippen LogP contribution in [-0.2, 0) is 20.9 Å². The Morgan fingerprint density at radius 3 is 2.50 bits per heavy atom. The number of carbonyl (C=O) groups excluding carboxylic acids is 2. The number of ether oxygens (including phenoxy) is 1. The van der Waals surface area contributed by atoms with Gasteiger partial charge in [0.2, 0.25) is 5.91 Å². The van der Waals surface area contributed by atoms with Crippen LogP contribution >= 0.6 is 0 Å². The quantitative estimate of drug-likeness (QED) is 0.765. The summed E-state index contributed by atoms with van der Waals surface area (Å²) in [6, 6.07) is 9.44. The molecular formula is C15H21NO4. The lowest BCUT2D eigenvalue weighted by Crippen LogP contribution is -2.36. The fourth-order valence-corrected chi connectivity index (χ4v) is 1.75. The highest BCUT2D eigenvalue weighted by Gasteiger charge is 2.18. The Morgan fingerprint density at radius 2 is 1.95 bits per heavy atom. The van der Waals surface area contributed by atoms with Crippen molar-refractivity contribution in [2.45, 2.75) is 32.4 Å².